The third-order valence-electron chi connectivity index (χ3n) is 2.74. The van der Waals surface area contributed by atoms with Gasteiger partial charge in [0, 0.05) is 12.5 Å². The number of hydrogen-bond donors (Lipinski definition) is 0. The van der Waals surface area contributed by atoms with E-state index in [-0.39, 0.29) is 0 Å². The van der Waals surface area contributed by atoms with Gasteiger partial charge in [0.15, 0.2) is 0 Å². The minimum absolute atomic E-state index is 0.424. The fourth-order valence-corrected chi connectivity index (χ4v) is 1.98. The summed E-state index contributed by atoms with van der Waals surface area (Å²) in [5, 5.41) is 0. The van der Waals surface area contributed by atoms with Crippen LogP contribution in [0, 0.1) is 0 Å². The van der Waals surface area contributed by atoms with Crippen molar-refractivity contribution in [3.8, 4) is 0 Å². The summed E-state index contributed by atoms with van der Waals surface area (Å²) >= 11 is 0. The number of ketones is 1. The summed E-state index contributed by atoms with van der Waals surface area (Å²) in [6, 6.07) is 0.634. The molecule has 1 saturated heterocycles. The fraction of sp³-hybridized carbons (Fsp3) is 0.900. The molecule has 0 unspecified atom stereocenters. The first-order chi connectivity index (χ1) is 5.77. The van der Waals surface area contributed by atoms with Gasteiger partial charge in [0.05, 0.1) is 6.54 Å². The van der Waals surface area contributed by atoms with Crippen LogP contribution in [0.2, 0.25) is 0 Å². The molecule has 0 saturated carbocycles. The third-order valence-corrected chi connectivity index (χ3v) is 2.74. The van der Waals surface area contributed by atoms with Gasteiger partial charge in [0.25, 0.3) is 0 Å². The molecule has 0 aromatic rings. The molecule has 12 heavy (non-hydrogen) atoms. The van der Waals surface area contributed by atoms with Crippen LogP contribution in [-0.2, 0) is 4.79 Å². The maximum Gasteiger partial charge on any atom is 0.146 e. The van der Waals surface area contributed by atoms with E-state index in [1.54, 1.807) is 0 Å². The topological polar surface area (TPSA) is 20.3 Å². The van der Waals surface area contributed by atoms with Crippen LogP contribution < -0.4 is 0 Å². The van der Waals surface area contributed by atoms with E-state index in [1.807, 2.05) is 0 Å². The van der Waals surface area contributed by atoms with Gasteiger partial charge in [-0.05, 0) is 25.8 Å². The van der Waals surface area contributed by atoms with Crippen molar-refractivity contribution in [3.05, 3.63) is 0 Å². The Morgan fingerprint density at radius 2 is 2.08 bits per heavy atom. The summed E-state index contributed by atoms with van der Waals surface area (Å²) in [5.74, 6) is 0.424. The SMILES string of the molecule is CCC(CC)N1CCCC(=O)C1. The summed E-state index contributed by atoms with van der Waals surface area (Å²) in [5.41, 5.74) is 0. The van der Waals surface area contributed by atoms with Gasteiger partial charge in [-0.25, -0.2) is 0 Å². The normalized spacial score (nSPS) is 20.4. The van der Waals surface area contributed by atoms with E-state index in [9.17, 15) is 4.79 Å². The molecule has 2 nitrogen and oxygen atoms in total. The van der Waals surface area contributed by atoms with Crippen molar-refractivity contribution in [1.82, 2.24) is 4.90 Å². The lowest BCUT2D eigenvalue weighted by molar-refractivity contribution is -0.123. The number of carbonyl (C=O) groups is 1. The minimum atomic E-state index is 0.424. The Balaban J connectivity index is 2.43. The number of likely N-dealkylation sites (tertiary alicyclic amines) is 1. The molecule has 0 N–H and O–H groups in total. The second kappa shape index (κ2) is 4.61. The van der Waals surface area contributed by atoms with Gasteiger partial charge in [-0.1, -0.05) is 13.8 Å². The molecular formula is C10H19NO. The van der Waals surface area contributed by atoms with Crippen LogP contribution in [-0.4, -0.2) is 29.8 Å². The number of carbonyl (C=O) groups excluding carboxylic acids is 1. The van der Waals surface area contributed by atoms with E-state index in [1.165, 1.54) is 12.8 Å². The van der Waals surface area contributed by atoms with Crippen LogP contribution in [0.25, 0.3) is 0 Å². The van der Waals surface area contributed by atoms with E-state index >= 15 is 0 Å². The predicted octanol–water partition coefficient (Wildman–Crippen LogP) is 1.84. The third kappa shape index (κ3) is 2.31. The first kappa shape index (κ1) is 9.72. The molecule has 0 aromatic carbocycles. The maximum atomic E-state index is 11.2. The molecule has 0 aromatic heterocycles. The zero-order valence-electron chi connectivity index (χ0n) is 8.18. The molecule has 0 amide bonds. The second-order valence-corrected chi connectivity index (χ2v) is 3.58. The van der Waals surface area contributed by atoms with Gasteiger partial charge in [-0.15, -0.1) is 0 Å². The number of hydrogen-bond acceptors (Lipinski definition) is 2. The van der Waals surface area contributed by atoms with Crippen LogP contribution in [0.1, 0.15) is 39.5 Å². The summed E-state index contributed by atoms with van der Waals surface area (Å²) in [6.07, 6.45) is 4.21. The van der Waals surface area contributed by atoms with Gasteiger partial charge in [-0.2, -0.15) is 0 Å². The van der Waals surface area contributed by atoms with Gasteiger partial charge < -0.3 is 0 Å². The van der Waals surface area contributed by atoms with Crippen molar-refractivity contribution >= 4 is 5.78 Å². The molecule has 0 aliphatic carbocycles. The second-order valence-electron chi connectivity index (χ2n) is 3.58. The van der Waals surface area contributed by atoms with Crippen molar-refractivity contribution in [2.75, 3.05) is 13.1 Å². The van der Waals surface area contributed by atoms with Crippen molar-refractivity contribution in [1.29, 1.82) is 0 Å². The number of rotatable bonds is 3. The Kier molecular flexibility index (Phi) is 3.73. The molecule has 0 radical (unpaired) electrons. The van der Waals surface area contributed by atoms with Crippen LogP contribution in [0.15, 0.2) is 0 Å². The lowest BCUT2D eigenvalue weighted by Crippen LogP contribution is -2.42. The monoisotopic (exact) mass is 169 g/mol. The van der Waals surface area contributed by atoms with E-state index in [2.05, 4.69) is 18.7 Å². The van der Waals surface area contributed by atoms with Gasteiger partial charge >= 0.3 is 0 Å². The zero-order chi connectivity index (χ0) is 8.97. The molecule has 0 bridgehead atoms. The van der Waals surface area contributed by atoms with Crippen molar-refractivity contribution in [2.24, 2.45) is 0 Å². The maximum absolute atomic E-state index is 11.2. The molecule has 0 atom stereocenters. The summed E-state index contributed by atoms with van der Waals surface area (Å²) in [4.78, 5) is 13.5. The molecule has 1 aliphatic heterocycles. The molecule has 1 rings (SSSR count). The van der Waals surface area contributed by atoms with E-state index < -0.39 is 0 Å². The highest BCUT2D eigenvalue weighted by Crippen LogP contribution is 2.14. The number of Topliss-reactive ketones (excluding diaryl/α,β-unsaturated/α-hetero) is 1. The predicted molar refractivity (Wildman–Crippen MR) is 50.2 cm³/mol. The molecule has 1 heterocycles. The summed E-state index contributed by atoms with van der Waals surface area (Å²) in [6.45, 7) is 6.23. The van der Waals surface area contributed by atoms with Crippen LogP contribution in [0.3, 0.4) is 0 Å². The Labute approximate surface area is 74.9 Å². The summed E-state index contributed by atoms with van der Waals surface area (Å²) in [7, 11) is 0. The molecule has 1 aliphatic rings. The van der Waals surface area contributed by atoms with Gasteiger partial charge in [-0.3, -0.25) is 9.69 Å². The molecule has 70 valence electrons. The Morgan fingerprint density at radius 1 is 1.42 bits per heavy atom. The first-order valence-corrected chi connectivity index (χ1v) is 5.03. The van der Waals surface area contributed by atoms with Crippen molar-refractivity contribution in [3.63, 3.8) is 0 Å². The molecule has 0 spiro atoms. The van der Waals surface area contributed by atoms with Gasteiger partial charge in [0.2, 0.25) is 0 Å². The van der Waals surface area contributed by atoms with E-state index in [4.69, 9.17) is 0 Å². The highest BCUT2D eigenvalue weighted by Gasteiger charge is 2.21. The lowest BCUT2D eigenvalue weighted by atomic mass is 10.0. The molecule has 2 heteroatoms. The van der Waals surface area contributed by atoms with Crippen molar-refractivity contribution < 1.29 is 4.79 Å². The van der Waals surface area contributed by atoms with Crippen LogP contribution in [0.4, 0.5) is 0 Å². The van der Waals surface area contributed by atoms with E-state index in [0.29, 0.717) is 18.4 Å². The quantitative estimate of drug-likeness (QED) is 0.642. The number of nitrogens with zero attached hydrogens (tertiary/aromatic N) is 1. The highest BCUT2D eigenvalue weighted by molar-refractivity contribution is 5.81. The first-order valence-electron chi connectivity index (χ1n) is 5.03. The average molecular weight is 169 g/mol. The Morgan fingerprint density at radius 3 is 2.58 bits per heavy atom. The van der Waals surface area contributed by atoms with Crippen LogP contribution in [0.5, 0.6) is 0 Å². The zero-order valence-corrected chi connectivity index (χ0v) is 8.18. The Bertz CT molecular complexity index is 152. The van der Waals surface area contributed by atoms with Crippen LogP contribution >= 0.6 is 0 Å². The summed E-state index contributed by atoms with van der Waals surface area (Å²) < 4.78 is 0. The largest absolute Gasteiger partial charge is 0.298 e. The Hall–Kier alpha value is -0.370. The molecule has 1 fully saturated rings. The molecular weight excluding hydrogens is 150 g/mol. The lowest BCUT2D eigenvalue weighted by Gasteiger charge is -2.32. The fourth-order valence-electron chi connectivity index (χ4n) is 1.98. The number of piperidine rings is 1. The smallest absolute Gasteiger partial charge is 0.146 e. The standard InChI is InChI=1S/C10H19NO/c1-3-9(4-2)11-7-5-6-10(12)8-11/h9H,3-8H2,1-2H3. The van der Waals surface area contributed by atoms with Crippen molar-refractivity contribution in [2.45, 2.75) is 45.6 Å². The highest BCUT2D eigenvalue weighted by atomic mass is 16.1. The average Bonchev–Trinajstić information content (AvgIpc) is 2.07. The van der Waals surface area contributed by atoms with E-state index in [0.717, 1.165) is 19.4 Å². The van der Waals surface area contributed by atoms with Gasteiger partial charge in [0.1, 0.15) is 5.78 Å². The minimum Gasteiger partial charge on any atom is -0.298 e.